The van der Waals surface area contributed by atoms with Gasteiger partial charge in [0, 0.05) is 18.3 Å². The number of nitrogens with one attached hydrogen (secondary N) is 1. The largest absolute Gasteiger partial charge is 0.370 e. The number of aliphatic imine (C=N–C) groups is 1. The van der Waals surface area contributed by atoms with Crippen LogP contribution in [0.3, 0.4) is 0 Å². The summed E-state index contributed by atoms with van der Waals surface area (Å²) in [5, 5.41) is 7.43. The first-order valence-corrected chi connectivity index (χ1v) is 5.51. The van der Waals surface area contributed by atoms with Crippen LogP contribution < -0.4 is 11.1 Å². The van der Waals surface area contributed by atoms with Gasteiger partial charge in [-0.2, -0.15) is 5.10 Å². The van der Waals surface area contributed by atoms with Crippen molar-refractivity contribution >= 4 is 5.96 Å². The van der Waals surface area contributed by atoms with E-state index in [1.54, 1.807) is 0 Å². The summed E-state index contributed by atoms with van der Waals surface area (Å²) >= 11 is 0. The van der Waals surface area contributed by atoms with Crippen molar-refractivity contribution in [3.8, 4) is 0 Å². The van der Waals surface area contributed by atoms with Crippen LogP contribution >= 0.6 is 0 Å². The lowest BCUT2D eigenvalue weighted by Crippen LogP contribution is -2.44. The number of rotatable bonds is 3. The summed E-state index contributed by atoms with van der Waals surface area (Å²) in [6.07, 6.45) is 1.94. The van der Waals surface area contributed by atoms with E-state index in [0.717, 1.165) is 12.2 Å². The summed E-state index contributed by atoms with van der Waals surface area (Å²) in [5.74, 6) is 0.457. The molecule has 0 saturated carbocycles. The quantitative estimate of drug-likeness (QED) is 0.595. The van der Waals surface area contributed by atoms with Crippen LogP contribution in [0.15, 0.2) is 17.3 Å². The Labute approximate surface area is 96.7 Å². The van der Waals surface area contributed by atoms with Gasteiger partial charge < -0.3 is 11.1 Å². The zero-order chi connectivity index (χ0) is 12.2. The molecule has 0 unspecified atom stereocenters. The van der Waals surface area contributed by atoms with Crippen molar-refractivity contribution < 1.29 is 0 Å². The van der Waals surface area contributed by atoms with Crippen molar-refractivity contribution in [1.29, 1.82) is 0 Å². The van der Waals surface area contributed by atoms with E-state index in [9.17, 15) is 0 Å². The highest BCUT2D eigenvalue weighted by Gasteiger charge is 2.09. The van der Waals surface area contributed by atoms with Gasteiger partial charge in [-0.15, -0.1) is 0 Å². The normalized spacial score (nSPS) is 12.9. The summed E-state index contributed by atoms with van der Waals surface area (Å²) in [6.45, 7) is 9.57. The molecule has 3 N–H and O–H groups in total. The van der Waals surface area contributed by atoms with Crippen molar-refractivity contribution in [1.82, 2.24) is 15.1 Å². The van der Waals surface area contributed by atoms with Crippen LogP contribution in [0.5, 0.6) is 0 Å². The minimum atomic E-state index is -0.0592. The molecule has 0 aliphatic heterocycles. The molecule has 0 aliphatic carbocycles. The lowest BCUT2D eigenvalue weighted by atomic mass is 10.1. The standard InChI is InChI=1S/C11H21N5/c1-5-16-7-6-9(15-16)8-13-10(12)14-11(2,3)4/h6-7H,5,8H2,1-4H3,(H3,12,13,14). The molecule has 0 fully saturated rings. The molecule has 0 spiro atoms. The Hall–Kier alpha value is -1.52. The van der Waals surface area contributed by atoms with Gasteiger partial charge in [0.25, 0.3) is 0 Å². The Morgan fingerprint density at radius 2 is 2.25 bits per heavy atom. The van der Waals surface area contributed by atoms with Crippen LogP contribution in [0.4, 0.5) is 0 Å². The van der Waals surface area contributed by atoms with Crippen LogP contribution in [-0.2, 0) is 13.1 Å². The molecule has 5 nitrogen and oxygen atoms in total. The number of aryl methyl sites for hydroxylation is 1. The molecule has 0 amide bonds. The fourth-order valence-electron chi connectivity index (χ4n) is 1.25. The SMILES string of the molecule is CCn1ccc(CN=C(N)NC(C)(C)C)n1. The molecule has 1 heterocycles. The van der Waals surface area contributed by atoms with E-state index in [1.165, 1.54) is 0 Å². The zero-order valence-electron chi connectivity index (χ0n) is 10.5. The maximum absolute atomic E-state index is 5.75. The zero-order valence-corrected chi connectivity index (χ0v) is 10.5. The topological polar surface area (TPSA) is 68.2 Å². The highest BCUT2D eigenvalue weighted by atomic mass is 15.3. The number of nitrogens with two attached hydrogens (primary N) is 1. The highest BCUT2D eigenvalue weighted by Crippen LogP contribution is 2.00. The fraction of sp³-hybridized carbons (Fsp3) is 0.636. The van der Waals surface area contributed by atoms with Gasteiger partial charge in [0.1, 0.15) is 0 Å². The van der Waals surface area contributed by atoms with Crippen LogP contribution in [0.25, 0.3) is 0 Å². The van der Waals surface area contributed by atoms with Gasteiger partial charge >= 0.3 is 0 Å². The first-order chi connectivity index (χ1) is 7.40. The second-order valence-electron chi connectivity index (χ2n) is 4.74. The molecule has 0 atom stereocenters. The second-order valence-corrected chi connectivity index (χ2v) is 4.74. The molecule has 0 radical (unpaired) electrons. The number of guanidine groups is 1. The Balaban J connectivity index is 2.52. The third-order valence-electron chi connectivity index (χ3n) is 1.93. The average Bonchev–Trinajstić information content (AvgIpc) is 2.59. The summed E-state index contributed by atoms with van der Waals surface area (Å²) in [4.78, 5) is 4.23. The van der Waals surface area contributed by atoms with Crippen molar-refractivity contribution in [3.63, 3.8) is 0 Å². The van der Waals surface area contributed by atoms with E-state index >= 15 is 0 Å². The molecule has 1 aromatic heterocycles. The molecular weight excluding hydrogens is 202 g/mol. The molecule has 0 bridgehead atoms. The van der Waals surface area contributed by atoms with Gasteiger partial charge in [-0.3, -0.25) is 4.68 Å². The first kappa shape index (κ1) is 12.5. The van der Waals surface area contributed by atoms with E-state index < -0.39 is 0 Å². The lowest BCUT2D eigenvalue weighted by molar-refractivity contribution is 0.508. The van der Waals surface area contributed by atoms with Gasteiger partial charge in [0.2, 0.25) is 0 Å². The van der Waals surface area contributed by atoms with E-state index in [0.29, 0.717) is 12.5 Å². The van der Waals surface area contributed by atoms with Gasteiger partial charge in [0.15, 0.2) is 5.96 Å². The number of aromatic nitrogens is 2. The number of hydrogen-bond donors (Lipinski definition) is 2. The summed E-state index contributed by atoms with van der Waals surface area (Å²) in [7, 11) is 0. The van der Waals surface area contributed by atoms with Crippen LogP contribution in [0, 0.1) is 0 Å². The molecule has 90 valence electrons. The lowest BCUT2D eigenvalue weighted by Gasteiger charge is -2.20. The predicted octanol–water partition coefficient (Wildman–Crippen LogP) is 1.11. The smallest absolute Gasteiger partial charge is 0.189 e. The van der Waals surface area contributed by atoms with E-state index in [-0.39, 0.29) is 5.54 Å². The molecule has 0 saturated heterocycles. The molecule has 16 heavy (non-hydrogen) atoms. The van der Waals surface area contributed by atoms with Gasteiger partial charge in [-0.05, 0) is 33.8 Å². The van der Waals surface area contributed by atoms with Crippen molar-refractivity contribution in [2.45, 2.75) is 46.3 Å². The number of nitrogens with zero attached hydrogens (tertiary/aromatic N) is 3. The van der Waals surface area contributed by atoms with Gasteiger partial charge in [0.05, 0.1) is 12.2 Å². The Morgan fingerprint density at radius 1 is 1.56 bits per heavy atom. The van der Waals surface area contributed by atoms with Gasteiger partial charge in [-0.1, -0.05) is 0 Å². The highest BCUT2D eigenvalue weighted by molar-refractivity contribution is 5.78. The maximum Gasteiger partial charge on any atom is 0.189 e. The maximum atomic E-state index is 5.75. The monoisotopic (exact) mass is 223 g/mol. The fourth-order valence-corrected chi connectivity index (χ4v) is 1.25. The summed E-state index contributed by atoms with van der Waals surface area (Å²) < 4.78 is 1.87. The Morgan fingerprint density at radius 3 is 2.75 bits per heavy atom. The van der Waals surface area contributed by atoms with Crippen LogP contribution in [0.1, 0.15) is 33.4 Å². The molecular formula is C11H21N5. The molecule has 0 aromatic carbocycles. The van der Waals surface area contributed by atoms with Crippen LogP contribution in [0.2, 0.25) is 0 Å². The summed E-state index contributed by atoms with van der Waals surface area (Å²) in [5.41, 5.74) is 6.62. The average molecular weight is 223 g/mol. The molecule has 1 rings (SSSR count). The number of hydrogen-bond acceptors (Lipinski definition) is 2. The third-order valence-corrected chi connectivity index (χ3v) is 1.93. The minimum Gasteiger partial charge on any atom is -0.370 e. The van der Waals surface area contributed by atoms with E-state index in [1.807, 2.05) is 37.7 Å². The Kier molecular flexibility index (Phi) is 3.93. The Bertz CT molecular complexity index is 359. The summed E-state index contributed by atoms with van der Waals surface area (Å²) in [6, 6.07) is 1.96. The molecule has 5 heteroatoms. The molecule has 0 aliphatic rings. The van der Waals surface area contributed by atoms with Crippen molar-refractivity contribution in [2.75, 3.05) is 0 Å². The second kappa shape index (κ2) is 5.01. The van der Waals surface area contributed by atoms with E-state index in [4.69, 9.17) is 5.73 Å². The van der Waals surface area contributed by atoms with Gasteiger partial charge in [-0.25, -0.2) is 4.99 Å². The van der Waals surface area contributed by atoms with Crippen molar-refractivity contribution in [2.24, 2.45) is 10.7 Å². The van der Waals surface area contributed by atoms with Crippen molar-refractivity contribution in [3.05, 3.63) is 18.0 Å². The van der Waals surface area contributed by atoms with E-state index in [2.05, 4.69) is 22.3 Å². The third kappa shape index (κ3) is 4.33. The molecule has 1 aromatic rings. The van der Waals surface area contributed by atoms with Crippen LogP contribution in [-0.4, -0.2) is 21.3 Å². The minimum absolute atomic E-state index is 0.0592. The predicted molar refractivity (Wildman–Crippen MR) is 66.1 cm³/mol. The first-order valence-electron chi connectivity index (χ1n) is 5.51.